The molecule has 0 fully saturated rings. The highest BCUT2D eigenvalue weighted by Crippen LogP contribution is 2.26. The minimum atomic E-state index is -1.12. The van der Waals surface area contributed by atoms with Crippen LogP contribution in [0.2, 0.25) is 0 Å². The first-order valence-electron chi connectivity index (χ1n) is 11.0. The number of hydrogen-bond acceptors (Lipinski definition) is 5. The highest BCUT2D eigenvalue weighted by Gasteiger charge is 2.43. The number of carbonyl (C=O) groups is 4. The number of nitrogens with zero attached hydrogens (tertiary/aromatic N) is 1. The molecule has 0 aliphatic carbocycles. The van der Waals surface area contributed by atoms with Crippen molar-refractivity contribution in [3.8, 4) is 0 Å². The molecule has 3 amide bonds. The fourth-order valence-corrected chi connectivity index (χ4v) is 3.74. The fraction of sp³-hybridized carbons (Fsp3) is 0.385. The van der Waals surface area contributed by atoms with Crippen LogP contribution in [0.4, 0.5) is 0 Å². The first kappa shape index (κ1) is 24.2. The number of ether oxygens (including phenoxy) is 1. The van der Waals surface area contributed by atoms with Gasteiger partial charge in [-0.15, -0.1) is 0 Å². The third kappa shape index (κ3) is 5.48. The van der Waals surface area contributed by atoms with Gasteiger partial charge in [-0.05, 0) is 44.4 Å². The number of imide groups is 1. The fourth-order valence-electron chi connectivity index (χ4n) is 3.74. The molecule has 3 rings (SSSR count). The quantitative estimate of drug-likeness (QED) is 0.516. The molecule has 33 heavy (non-hydrogen) atoms. The van der Waals surface area contributed by atoms with Gasteiger partial charge in [-0.25, -0.2) is 4.79 Å². The van der Waals surface area contributed by atoms with Crippen molar-refractivity contribution in [2.24, 2.45) is 5.92 Å². The second kappa shape index (κ2) is 9.57. The van der Waals surface area contributed by atoms with Crippen molar-refractivity contribution >= 4 is 23.7 Å². The Morgan fingerprint density at radius 3 is 1.91 bits per heavy atom. The number of amides is 3. The van der Waals surface area contributed by atoms with E-state index in [-0.39, 0.29) is 23.5 Å². The van der Waals surface area contributed by atoms with Crippen LogP contribution in [-0.4, -0.2) is 46.3 Å². The van der Waals surface area contributed by atoms with E-state index in [1.807, 2.05) is 30.3 Å². The predicted octanol–water partition coefficient (Wildman–Crippen LogP) is 3.38. The Morgan fingerprint density at radius 2 is 1.42 bits per heavy atom. The third-order valence-electron chi connectivity index (χ3n) is 5.34. The number of hydrogen-bond donors (Lipinski definition) is 1. The first-order valence-corrected chi connectivity index (χ1v) is 11.0. The molecule has 174 valence electrons. The van der Waals surface area contributed by atoms with Gasteiger partial charge in [0.25, 0.3) is 11.8 Å². The molecule has 0 spiro atoms. The van der Waals surface area contributed by atoms with E-state index in [4.69, 9.17) is 4.74 Å². The highest BCUT2D eigenvalue weighted by molar-refractivity contribution is 6.22. The molecule has 2 aromatic carbocycles. The SMILES string of the molecule is CC(C)[C@H](NC(=O)[C@H](Cc1ccccc1)N1C(=O)c2ccccc2C1=O)C(=O)OC(C)(C)C. The van der Waals surface area contributed by atoms with E-state index >= 15 is 0 Å². The van der Waals surface area contributed by atoms with E-state index in [1.165, 1.54) is 0 Å². The predicted molar refractivity (Wildman–Crippen MR) is 123 cm³/mol. The van der Waals surface area contributed by atoms with E-state index in [1.54, 1.807) is 58.9 Å². The van der Waals surface area contributed by atoms with Crippen molar-refractivity contribution in [3.63, 3.8) is 0 Å². The maximum absolute atomic E-state index is 13.5. The van der Waals surface area contributed by atoms with Gasteiger partial charge < -0.3 is 10.1 Å². The number of rotatable bonds is 7. The van der Waals surface area contributed by atoms with Crippen LogP contribution in [0.25, 0.3) is 0 Å². The molecule has 1 aliphatic rings. The number of fused-ring (bicyclic) bond motifs is 1. The van der Waals surface area contributed by atoms with Crippen LogP contribution < -0.4 is 5.32 Å². The van der Waals surface area contributed by atoms with Gasteiger partial charge in [0.15, 0.2) is 0 Å². The summed E-state index contributed by atoms with van der Waals surface area (Å²) in [6.45, 7) is 8.84. The summed E-state index contributed by atoms with van der Waals surface area (Å²) >= 11 is 0. The van der Waals surface area contributed by atoms with Gasteiger partial charge in [-0.1, -0.05) is 56.3 Å². The molecule has 0 saturated carbocycles. The molecule has 2 atom stereocenters. The van der Waals surface area contributed by atoms with Crippen molar-refractivity contribution in [2.45, 2.75) is 58.7 Å². The summed E-state index contributed by atoms with van der Waals surface area (Å²) in [5.41, 5.74) is 0.593. The van der Waals surface area contributed by atoms with E-state index in [2.05, 4.69) is 5.32 Å². The largest absolute Gasteiger partial charge is 0.458 e. The average Bonchev–Trinajstić information content (AvgIpc) is 3.00. The molecule has 0 saturated heterocycles. The van der Waals surface area contributed by atoms with E-state index in [9.17, 15) is 19.2 Å². The Morgan fingerprint density at radius 1 is 0.909 bits per heavy atom. The monoisotopic (exact) mass is 450 g/mol. The Bertz CT molecular complexity index is 1020. The molecular formula is C26H30N2O5. The highest BCUT2D eigenvalue weighted by atomic mass is 16.6. The van der Waals surface area contributed by atoms with Crippen molar-refractivity contribution in [3.05, 3.63) is 71.3 Å². The second-order valence-electron chi connectivity index (χ2n) is 9.50. The minimum absolute atomic E-state index is 0.122. The third-order valence-corrected chi connectivity index (χ3v) is 5.34. The normalized spacial score (nSPS) is 15.3. The van der Waals surface area contributed by atoms with Crippen LogP contribution in [0.15, 0.2) is 54.6 Å². The zero-order valence-electron chi connectivity index (χ0n) is 19.6. The van der Waals surface area contributed by atoms with Gasteiger partial charge in [-0.3, -0.25) is 19.3 Å². The van der Waals surface area contributed by atoms with Gasteiger partial charge in [0.05, 0.1) is 11.1 Å². The van der Waals surface area contributed by atoms with Crippen molar-refractivity contribution in [1.82, 2.24) is 10.2 Å². The lowest BCUT2D eigenvalue weighted by Gasteiger charge is -2.30. The summed E-state index contributed by atoms with van der Waals surface area (Å²) in [6.07, 6.45) is 0.122. The zero-order chi connectivity index (χ0) is 24.3. The molecule has 1 aliphatic heterocycles. The van der Waals surface area contributed by atoms with Crippen LogP contribution in [0.5, 0.6) is 0 Å². The molecule has 0 radical (unpaired) electrons. The Hall–Kier alpha value is -3.48. The Balaban J connectivity index is 1.93. The van der Waals surface area contributed by atoms with E-state index in [0.717, 1.165) is 10.5 Å². The van der Waals surface area contributed by atoms with Crippen molar-refractivity contribution in [1.29, 1.82) is 0 Å². The van der Waals surface area contributed by atoms with E-state index < -0.39 is 41.4 Å². The number of esters is 1. The molecule has 7 nitrogen and oxygen atoms in total. The van der Waals surface area contributed by atoms with E-state index in [0.29, 0.717) is 0 Å². The number of carbonyl (C=O) groups excluding carboxylic acids is 4. The van der Waals surface area contributed by atoms with Gasteiger partial charge in [0.2, 0.25) is 5.91 Å². The van der Waals surface area contributed by atoms with Gasteiger partial charge in [0.1, 0.15) is 17.7 Å². The lowest BCUT2D eigenvalue weighted by atomic mass is 10.0. The summed E-state index contributed by atoms with van der Waals surface area (Å²) in [5.74, 6) is -2.46. The molecule has 0 aromatic heterocycles. The van der Waals surface area contributed by atoms with Crippen LogP contribution in [0.3, 0.4) is 0 Å². The van der Waals surface area contributed by atoms with Crippen LogP contribution in [0.1, 0.15) is 60.9 Å². The molecule has 1 N–H and O–H groups in total. The number of benzene rings is 2. The lowest BCUT2D eigenvalue weighted by Crippen LogP contribution is -2.56. The van der Waals surface area contributed by atoms with Gasteiger partial charge in [0, 0.05) is 6.42 Å². The van der Waals surface area contributed by atoms with Crippen LogP contribution in [-0.2, 0) is 20.7 Å². The summed E-state index contributed by atoms with van der Waals surface area (Å²) in [6, 6.07) is 13.6. The summed E-state index contributed by atoms with van der Waals surface area (Å²) in [4.78, 5) is 53.5. The molecule has 1 heterocycles. The molecule has 0 bridgehead atoms. The lowest BCUT2D eigenvalue weighted by molar-refractivity contribution is -0.160. The smallest absolute Gasteiger partial charge is 0.329 e. The Labute approximate surface area is 194 Å². The van der Waals surface area contributed by atoms with Crippen LogP contribution in [0, 0.1) is 5.92 Å². The average molecular weight is 451 g/mol. The van der Waals surface area contributed by atoms with Crippen molar-refractivity contribution < 1.29 is 23.9 Å². The first-order chi connectivity index (χ1) is 15.5. The molecule has 2 aromatic rings. The molecule has 7 heteroatoms. The van der Waals surface area contributed by atoms with Gasteiger partial charge in [-0.2, -0.15) is 0 Å². The minimum Gasteiger partial charge on any atom is -0.458 e. The van der Waals surface area contributed by atoms with Crippen LogP contribution >= 0.6 is 0 Å². The maximum Gasteiger partial charge on any atom is 0.329 e. The summed E-state index contributed by atoms with van der Waals surface area (Å²) in [7, 11) is 0. The topological polar surface area (TPSA) is 92.8 Å². The number of nitrogens with one attached hydrogen (secondary N) is 1. The van der Waals surface area contributed by atoms with Gasteiger partial charge >= 0.3 is 5.97 Å². The second-order valence-corrected chi connectivity index (χ2v) is 9.50. The standard InChI is InChI=1S/C26H30N2O5/c1-16(2)21(25(32)33-26(3,4)5)27-22(29)20(15-17-11-7-6-8-12-17)28-23(30)18-13-9-10-14-19(18)24(28)31/h6-14,16,20-21H,15H2,1-5H3,(H,27,29)/t20-,21-/m0/s1. The maximum atomic E-state index is 13.5. The zero-order valence-corrected chi connectivity index (χ0v) is 19.6. The molecular weight excluding hydrogens is 420 g/mol. The summed E-state index contributed by atoms with van der Waals surface area (Å²) < 4.78 is 5.48. The summed E-state index contributed by atoms with van der Waals surface area (Å²) in [5, 5.41) is 2.74. The van der Waals surface area contributed by atoms with Crippen molar-refractivity contribution in [2.75, 3.05) is 0 Å². The Kier molecular flexibility index (Phi) is 7.01. The molecule has 0 unspecified atom stereocenters.